The number of nitrogens with zero attached hydrogens (tertiary/aromatic N) is 3. The van der Waals surface area contributed by atoms with Gasteiger partial charge < -0.3 is 15.5 Å². The number of aldehydes is 1. The number of hydrogen-bond acceptors (Lipinski definition) is 7. The molecule has 214 valence electrons. The van der Waals surface area contributed by atoms with Gasteiger partial charge in [0.2, 0.25) is 0 Å². The van der Waals surface area contributed by atoms with Crippen molar-refractivity contribution in [2.24, 2.45) is 0 Å². The Labute approximate surface area is 254 Å². The Morgan fingerprint density at radius 3 is 1.80 bits per heavy atom. The maximum absolute atomic E-state index is 10.1. The molecule has 0 fully saturated rings. The van der Waals surface area contributed by atoms with Gasteiger partial charge in [0.1, 0.15) is 9.21 Å². The van der Waals surface area contributed by atoms with E-state index in [4.69, 9.17) is 0 Å². The summed E-state index contributed by atoms with van der Waals surface area (Å²) in [6.45, 7) is 1.97. The average molecular weight is 674 g/mol. The van der Waals surface area contributed by atoms with Crippen molar-refractivity contribution in [2.75, 3.05) is 27.2 Å². The molecular weight excluding hydrogens is 636 g/mol. The van der Waals surface area contributed by atoms with E-state index in [1.54, 1.807) is 12.1 Å². The molecule has 2 unspecified atom stereocenters. The summed E-state index contributed by atoms with van der Waals surface area (Å²) in [5, 5.41) is 22.5. The minimum absolute atomic E-state index is 0. The van der Waals surface area contributed by atoms with E-state index in [1.807, 2.05) is 93.1 Å². The molecule has 2 aromatic heterocycles. The molecule has 2 heterocycles. The third-order valence-corrected chi connectivity index (χ3v) is 6.32. The lowest BCUT2D eigenvalue weighted by Gasteiger charge is -2.20. The molecule has 0 aliphatic carbocycles. The number of carbonyl (C=O) groups excluding carboxylic acids is 1. The van der Waals surface area contributed by atoms with Crippen LogP contribution in [0.4, 0.5) is 0 Å². The van der Waals surface area contributed by atoms with Gasteiger partial charge in [-0.15, -0.1) is 0 Å². The van der Waals surface area contributed by atoms with Crippen LogP contribution in [0, 0.1) is 0 Å². The molecule has 7 nitrogen and oxygen atoms in total. The van der Waals surface area contributed by atoms with Gasteiger partial charge in [0, 0.05) is 37.6 Å². The van der Waals surface area contributed by atoms with Crippen LogP contribution in [0.1, 0.15) is 46.7 Å². The van der Waals surface area contributed by atoms with Crippen molar-refractivity contribution in [3.8, 4) is 0 Å². The van der Waals surface area contributed by atoms with Crippen molar-refractivity contribution in [1.29, 1.82) is 0 Å². The molecule has 2 aromatic carbocycles. The summed E-state index contributed by atoms with van der Waals surface area (Å²) in [5.74, 6) is 0. The van der Waals surface area contributed by atoms with Gasteiger partial charge >= 0.3 is 0 Å². The highest BCUT2D eigenvalue weighted by Crippen LogP contribution is 2.15. The number of carbonyl (C=O) groups is 1. The van der Waals surface area contributed by atoms with Crippen LogP contribution in [0.3, 0.4) is 0 Å². The van der Waals surface area contributed by atoms with Crippen molar-refractivity contribution >= 4 is 38.1 Å². The maximum Gasteiger partial charge on any atom is 0.151 e. The van der Waals surface area contributed by atoms with E-state index in [0.717, 1.165) is 38.7 Å². The highest BCUT2D eigenvalue weighted by Gasteiger charge is 2.10. The Morgan fingerprint density at radius 2 is 1.35 bits per heavy atom. The largest absolute Gasteiger partial charge is 0.387 e. The molecule has 40 heavy (non-hydrogen) atoms. The molecule has 2 atom stereocenters. The minimum Gasteiger partial charge on any atom is -0.387 e. The molecule has 3 N–H and O–H groups in total. The van der Waals surface area contributed by atoms with E-state index in [9.17, 15) is 15.0 Å². The predicted molar refractivity (Wildman–Crippen MR) is 169 cm³/mol. The highest BCUT2D eigenvalue weighted by atomic mass is 79.9. The fourth-order valence-electron chi connectivity index (χ4n) is 3.40. The molecule has 0 saturated carbocycles. The number of rotatable bonds is 9. The summed E-state index contributed by atoms with van der Waals surface area (Å²) in [7, 11) is 3.82. The molecule has 4 aromatic rings. The van der Waals surface area contributed by atoms with Crippen molar-refractivity contribution in [2.45, 2.75) is 26.2 Å². The molecule has 0 aliphatic heterocycles. The lowest BCUT2D eigenvalue weighted by atomic mass is 10.1. The second-order valence-corrected chi connectivity index (χ2v) is 10.3. The van der Waals surface area contributed by atoms with Crippen LogP contribution in [-0.2, 0) is 6.54 Å². The van der Waals surface area contributed by atoms with Gasteiger partial charge in [-0.2, -0.15) is 0 Å². The monoisotopic (exact) mass is 672 g/mol. The number of benzene rings is 2. The van der Waals surface area contributed by atoms with Crippen LogP contribution < -0.4 is 5.32 Å². The summed E-state index contributed by atoms with van der Waals surface area (Å²) in [4.78, 5) is 20.2. The van der Waals surface area contributed by atoms with E-state index in [-0.39, 0.29) is 13.5 Å². The zero-order valence-electron chi connectivity index (χ0n) is 22.0. The first kappa shape index (κ1) is 35.2. The quantitative estimate of drug-likeness (QED) is 0.143. The Bertz CT molecular complexity index is 1200. The Kier molecular flexibility index (Phi) is 17.7. The summed E-state index contributed by atoms with van der Waals surface area (Å²) >= 11 is 6.47. The smallest absolute Gasteiger partial charge is 0.151 e. The van der Waals surface area contributed by atoms with Gasteiger partial charge in [0.05, 0.1) is 12.2 Å². The highest BCUT2D eigenvalue weighted by molar-refractivity contribution is 9.10. The van der Waals surface area contributed by atoms with Gasteiger partial charge in [0.15, 0.2) is 6.29 Å². The third kappa shape index (κ3) is 14.0. The number of nitrogens with one attached hydrogen (secondary N) is 1. The van der Waals surface area contributed by atoms with Crippen LogP contribution in [-0.4, -0.2) is 58.6 Å². The lowest BCUT2D eigenvalue weighted by molar-refractivity contribution is 0.112. The normalized spacial score (nSPS) is 11.6. The fraction of sp³-hybridized carbons (Fsp3) is 0.258. The van der Waals surface area contributed by atoms with E-state index in [2.05, 4.69) is 52.0 Å². The van der Waals surface area contributed by atoms with Crippen LogP contribution in [0.25, 0.3) is 0 Å². The third-order valence-electron chi connectivity index (χ3n) is 5.38. The molecular formula is C31H38Br2N4O3. The fourth-order valence-corrected chi connectivity index (χ4v) is 3.86. The number of aliphatic hydroxyl groups excluding tert-OH is 2. The average Bonchev–Trinajstić information content (AvgIpc) is 2.96. The molecule has 0 saturated heterocycles. The van der Waals surface area contributed by atoms with Crippen molar-refractivity contribution in [3.05, 3.63) is 129 Å². The molecule has 0 amide bonds. The summed E-state index contributed by atoms with van der Waals surface area (Å²) in [5.41, 5.74) is 3.63. The summed E-state index contributed by atoms with van der Waals surface area (Å²) in [6, 6.07) is 26.7. The lowest BCUT2D eigenvalue weighted by Crippen LogP contribution is -2.24. The zero-order valence-corrected chi connectivity index (χ0v) is 25.2. The number of pyridine rings is 2. The van der Waals surface area contributed by atoms with Gasteiger partial charge in [0.25, 0.3) is 0 Å². The molecule has 0 spiro atoms. The summed E-state index contributed by atoms with van der Waals surface area (Å²) in [6.07, 6.45) is 3.27. The first-order valence-electron chi connectivity index (χ1n) is 12.3. The summed E-state index contributed by atoms with van der Waals surface area (Å²) < 4.78 is 1.58. The van der Waals surface area contributed by atoms with Gasteiger partial charge in [-0.05, 0) is 80.8 Å². The number of likely N-dealkylation sites (N-methyl/N-ethyl adjacent to an activating group) is 2. The predicted octanol–water partition coefficient (Wildman–Crippen LogP) is 6.24. The molecule has 0 bridgehead atoms. The first-order valence-corrected chi connectivity index (χ1v) is 13.9. The molecule has 0 aliphatic rings. The van der Waals surface area contributed by atoms with Crippen molar-refractivity contribution < 1.29 is 15.0 Å². The molecule has 0 radical (unpaired) electrons. The first-order chi connectivity index (χ1) is 18.8. The van der Waals surface area contributed by atoms with Crippen LogP contribution in [0.15, 0.2) is 107 Å². The van der Waals surface area contributed by atoms with Gasteiger partial charge in [-0.1, -0.05) is 74.2 Å². The van der Waals surface area contributed by atoms with Gasteiger partial charge in [-0.25, -0.2) is 9.97 Å². The van der Waals surface area contributed by atoms with E-state index in [1.165, 1.54) is 6.20 Å². The zero-order chi connectivity index (χ0) is 28.5. The maximum atomic E-state index is 10.1. The van der Waals surface area contributed by atoms with Crippen LogP contribution >= 0.6 is 31.9 Å². The van der Waals surface area contributed by atoms with Crippen LogP contribution in [0.5, 0.6) is 0 Å². The Hall–Kier alpha value is -2.79. The number of aromatic nitrogens is 2. The minimum atomic E-state index is -0.463. The SMILES string of the molecule is C.CN(Cc1ccc(Br)nc1)CC(O)c1ccccc1.CNCC(O)c1ccccc1.O=Cc1ccc(Br)nc1. The van der Waals surface area contributed by atoms with E-state index >= 15 is 0 Å². The molecule has 4 rings (SSSR count). The van der Waals surface area contributed by atoms with E-state index < -0.39 is 6.10 Å². The standard InChI is InChI=1S/C15H17BrN2O.C9H13NO.C6H4BrNO.CH4/c1-18(10-12-7-8-15(16)17-9-12)11-14(19)13-5-3-2-4-6-13;1-10-7-9(11)8-5-3-2-4-6-8;7-6-2-1-5(4-9)3-8-6;/h2-9,14,19H,10-11H2,1H3;2-6,9-11H,7H2,1H3;1-4H;1H4. The number of halogens is 2. The van der Waals surface area contributed by atoms with E-state index in [0.29, 0.717) is 18.7 Å². The second kappa shape index (κ2) is 20.1. The number of hydrogen-bond donors (Lipinski definition) is 3. The Balaban J connectivity index is 0.000000324. The number of aliphatic hydroxyl groups is 2. The Morgan fingerprint density at radius 1 is 0.825 bits per heavy atom. The second-order valence-electron chi connectivity index (χ2n) is 8.63. The molecule has 9 heteroatoms. The van der Waals surface area contributed by atoms with Crippen LogP contribution in [0.2, 0.25) is 0 Å². The topological polar surface area (TPSA) is 98.6 Å². The van der Waals surface area contributed by atoms with Crippen molar-refractivity contribution in [1.82, 2.24) is 20.2 Å². The van der Waals surface area contributed by atoms with Crippen molar-refractivity contribution in [3.63, 3.8) is 0 Å². The van der Waals surface area contributed by atoms with Gasteiger partial charge in [-0.3, -0.25) is 9.69 Å².